The summed E-state index contributed by atoms with van der Waals surface area (Å²) in [4.78, 5) is 41.2. The van der Waals surface area contributed by atoms with Crippen LogP contribution in [0, 0.1) is 0 Å². The molecular formula is C18H20BN5O10S2. The van der Waals surface area contributed by atoms with Gasteiger partial charge < -0.3 is 30.6 Å². The van der Waals surface area contributed by atoms with Crippen LogP contribution in [0.3, 0.4) is 0 Å². The van der Waals surface area contributed by atoms with Gasteiger partial charge in [0.05, 0.1) is 11.5 Å². The summed E-state index contributed by atoms with van der Waals surface area (Å²) in [6, 6.07) is 4.35. The Bertz CT molecular complexity index is 1300. The van der Waals surface area contributed by atoms with Crippen LogP contribution in [0.25, 0.3) is 0 Å². The average Bonchev–Trinajstić information content (AvgIpc) is 3.24. The molecule has 2 atom stereocenters. The van der Waals surface area contributed by atoms with Gasteiger partial charge in [-0.1, -0.05) is 16.6 Å². The number of nitrogens with zero attached hydrogens (tertiary/aromatic N) is 3. The van der Waals surface area contributed by atoms with Gasteiger partial charge in [0.25, 0.3) is 5.91 Å². The average molecular weight is 541 g/mol. The number of rotatable bonds is 5. The van der Waals surface area contributed by atoms with E-state index in [1.807, 2.05) is 0 Å². The number of fused-ring (bicyclic) bond motifs is 1. The van der Waals surface area contributed by atoms with Gasteiger partial charge in [-0.05, 0) is 24.5 Å². The molecule has 0 saturated carbocycles. The first-order valence-corrected chi connectivity index (χ1v) is 12.7. The summed E-state index contributed by atoms with van der Waals surface area (Å²) in [7, 11) is -6.21. The van der Waals surface area contributed by atoms with E-state index in [0.717, 1.165) is 11.3 Å². The molecule has 2 aliphatic heterocycles. The molecule has 6 N–H and O–H groups in total. The van der Waals surface area contributed by atoms with Crippen LogP contribution in [0.2, 0.25) is 0 Å². The number of nitrogen functional groups attached to an aromatic ring is 1. The molecule has 1 unspecified atom stereocenters. The minimum Gasteiger partial charge on any atom is -0.534 e. The van der Waals surface area contributed by atoms with Crippen LogP contribution in [0.4, 0.5) is 9.93 Å². The van der Waals surface area contributed by atoms with Crippen LogP contribution in [-0.2, 0) is 26.2 Å². The maximum absolute atomic E-state index is 13.1. The summed E-state index contributed by atoms with van der Waals surface area (Å²) in [6.07, 6.45) is -3.11. The third-order valence-electron chi connectivity index (χ3n) is 5.40. The number of nitrogens with two attached hydrogens (primary N) is 1. The zero-order valence-corrected chi connectivity index (χ0v) is 19.9. The smallest absolute Gasteiger partial charge is 0.534 e. The summed E-state index contributed by atoms with van der Waals surface area (Å²) >= 11 is 0.940. The van der Waals surface area contributed by atoms with E-state index >= 15 is 0 Å². The summed E-state index contributed by atoms with van der Waals surface area (Å²) in [5, 5.41) is 33.2. The fourth-order valence-electron chi connectivity index (χ4n) is 3.68. The predicted molar refractivity (Wildman–Crippen MR) is 122 cm³/mol. The molecule has 15 nitrogen and oxygen atoms in total. The van der Waals surface area contributed by atoms with Gasteiger partial charge in [0, 0.05) is 18.5 Å². The molecule has 0 radical (unpaired) electrons. The van der Waals surface area contributed by atoms with Crippen molar-refractivity contribution in [3.05, 3.63) is 40.4 Å². The van der Waals surface area contributed by atoms with Gasteiger partial charge >= 0.3 is 29.4 Å². The van der Waals surface area contributed by atoms with E-state index in [1.165, 1.54) is 17.5 Å². The van der Waals surface area contributed by atoms with Gasteiger partial charge in [0.15, 0.2) is 5.13 Å². The minimum absolute atomic E-state index is 0.00772. The van der Waals surface area contributed by atoms with E-state index in [4.69, 9.17) is 15.1 Å². The highest BCUT2D eigenvalue weighted by Crippen LogP contribution is 2.31. The molecule has 0 spiro atoms. The van der Waals surface area contributed by atoms with Crippen molar-refractivity contribution in [1.82, 2.24) is 19.1 Å². The van der Waals surface area contributed by atoms with Crippen molar-refractivity contribution >= 4 is 51.8 Å². The molecule has 1 aromatic carbocycles. The number of carboxylic acids is 1. The van der Waals surface area contributed by atoms with Gasteiger partial charge in [-0.2, -0.15) is 12.7 Å². The number of carboxylic acid groups (broad SMARTS) is 1. The van der Waals surface area contributed by atoms with Gasteiger partial charge in [0.1, 0.15) is 11.4 Å². The number of nitrogens with one attached hydrogen (secondary N) is 1. The Balaban J connectivity index is 1.55. The second-order valence-electron chi connectivity index (χ2n) is 7.78. The number of benzene rings is 1. The van der Waals surface area contributed by atoms with Gasteiger partial charge in [-0.25, -0.2) is 14.6 Å². The summed E-state index contributed by atoms with van der Waals surface area (Å²) in [6.45, 7) is -0.507. The molecule has 1 saturated heterocycles. The minimum atomic E-state index is -4.56. The highest BCUT2D eigenvalue weighted by atomic mass is 32.2. The Morgan fingerprint density at radius 1 is 1.33 bits per heavy atom. The lowest BCUT2D eigenvalue weighted by atomic mass is 9.72. The number of anilines is 1. The molecular weight excluding hydrogens is 521 g/mol. The third-order valence-corrected chi connectivity index (χ3v) is 7.70. The van der Waals surface area contributed by atoms with Crippen molar-refractivity contribution in [2.24, 2.45) is 0 Å². The van der Waals surface area contributed by atoms with Crippen molar-refractivity contribution in [1.29, 1.82) is 0 Å². The SMILES string of the molecule is Nc1nc(C(OC(=O)N2CCCN(O)S2(=O)=O)C(=O)N[C@H]2Cc3cccc(C(=O)O)c3OB2O)cs1. The van der Waals surface area contributed by atoms with Crippen LogP contribution in [-0.4, -0.2) is 81.6 Å². The second-order valence-corrected chi connectivity index (χ2v) is 10.4. The number of carbonyl (C=O) groups excluding carboxylic acids is 2. The highest BCUT2D eigenvalue weighted by Gasteiger charge is 2.42. The Morgan fingerprint density at radius 2 is 2.08 bits per heavy atom. The molecule has 4 rings (SSSR count). The molecule has 36 heavy (non-hydrogen) atoms. The summed E-state index contributed by atoms with van der Waals surface area (Å²) < 4.78 is 35.3. The van der Waals surface area contributed by atoms with E-state index in [2.05, 4.69) is 10.3 Å². The number of para-hydroxylation sites is 1. The van der Waals surface area contributed by atoms with Crippen molar-refractivity contribution in [3.63, 3.8) is 0 Å². The lowest BCUT2D eigenvalue weighted by Crippen LogP contribution is -2.55. The number of hydrogen-bond donors (Lipinski definition) is 5. The van der Waals surface area contributed by atoms with Crippen molar-refractivity contribution in [2.75, 3.05) is 18.8 Å². The fourth-order valence-corrected chi connectivity index (χ4v) is 5.44. The molecule has 2 amide bonds. The zero-order chi connectivity index (χ0) is 26.2. The maximum Gasteiger partial charge on any atom is 0.547 e. The number of hydrogen-bond acceptors (Lipinski definition) is 12. The van der Waals surface area contributed by atoms with E-state index in [1.54, 1.807) is 6.07 Å². The topological polar surface area (TPSA) is 222 Å². The number of hydroxylamine groups is 1. The first-order chi connectivity index (χ1) is 17.0. The van der Waals surface area contributed by atoms with Crippen molar-refractivity contribution in [2.45, 2.75) is 24.9 Å². The number of aromatic nitrogens is 1. The largest absolute Gasteiger partial charge is 0.547 e. The van der Waals surface area contributed by atoms with Crippen LogP contribution < -0.4 is 15.7 Å². The van der Waals surface area contributed by atoms with E-state index in [9.17, 15) is 38.1 Å². The summed E-state index contributed by atoms with van der Waals surface area (Å²) in [5.74, 6) is -3.36. The molecule has 3 heterocycles. The van der Waals surface area contributed by atoms with Gasteiger partial charge in [-0.15, -0.1) is 11.3 Å². The maximum atomic E-state index is 13.1. The van der Waals surface area contributed by atoms with Crippen LogP contribution >= 0.6 is 11.3 Å². The molecule has 1 fully saturated rings. The zero-order valence-electron chi connectivity index (χ0n) is 18.3. The number of amides is 2. The molecule has 0 bridgehead atoms. The van der Waals surface area contributed by atoms with Gasteiger partial charge in [-0.3, -0.25) is 10.0 Å². The van der Waals surface area contributed by atoms with Crippen LogP contribution in [0.5, 0.6) is 5.75 Å². The lowest BCUT2D eigenvalue weighted by molar-refractivity contribution is -0.131. The molecule has 2 aromatic rings. The van der Waals surface area contributed by atoms with E-state index in [-0.39, 0.29) is 56.8 Å². The normalized spacial score (nSPS) is 20.1. The number of aromatic carboxylic acids is 1. The third kappa shape index (κ3) is 4.93. The second kappa shape index (κ2) is 9.90. The number of thiazole rings is 1. The molecule has 0 aliphatic carbocycles. The first kappa shape index (κ1) is 25.6. The molecule has 2 aliphatic rings. The van der Waals surface area contributed by atoms with Crippen LogP contribution in [0.1, 0.15) is 34.1 Å². The van der Waals surface area contributed by atoms with Gasteiger partial charge in [0.2, 0.25) is 6.10 Å². The van der Waals surface area contributed by atoms with Crippen LogP contribution in [0.15, 0.2) is 23.6 Å². The Hall–Kier alpha value is -3.45. The Morgan fingerprint density at radius 3 is 2.75 bits per heavy atom. The van der Waals surface area contributed by atoms with E-state index < -0.39 is 47.3 Å². The number of carbonyl (C=O) groups is 3. The fraction of sp³-hybridized carbons (Fsp3) is 0.333. The Labute approximate surface area is 208 Å². The molecule has 192 valence electrons. The first-order valence-electron chi connectivity index (χ1n) is 10.4. The Kier molecular flexibility index (Phi) is 7.05. The van der Waals surface area contributed by atoms with Crippen molar-refractivity contribution in [3.8, 4) is 5.75 Å². The molecule has 1 aromatic heterocycles. The summed E-state index contributed by atoms with van der Waals surface area (Å²) in [5.41, 5.74) is 5.77. The van der Waals surface area contributed by atoms with Crippen molar-refractivity contribution < 1.29 is 47.5 Å². The number of ether oxygens (including phenoxy) is 1. The predicted octanol–water partition coefficient (Wildman–Crippen LogP) is -0.617. The standard InChI is InChI=1S/C18H20BN5O10S2/c20-17-21-11(8-35-17)14(33-18(28)23-5-2-6-24(30)36(23,31)32)15(25)22-12-7-9-3-1-4-10(16(26)27)13(9)34-19(12)29/h1,3-4,8,12,14,29-30H,2,5-7H2,(H2,20,21)(H,22,25)(H,26,27)/t12-,14?/m0/s1. The van der Waals surface area contributed by atoms with E-state index in [0.29, 0.717) is 5.56 Å². The quantitative estimate of drug-likeness (QED) is 0.299. The lowest BCUT2D eigenvalue weighted by Gasteiger charge is -2.32. The molecule has 18 heteroatoms. The monoisotopic (exact) mass is 541 g/mol. The highest BCUT2D eigenvalue weighted by molar-refractivity contribution is 7.87.